The second-order valence-corrected chi connectivity index (χ2v) is 5.66. The number of nitrogens with zero attached hydrogens (tertiary/aromatic N) is 4. The number of rotatable bonds is 6. The molecule has 6 heteroatoms. The van der Waals surface area contributed by atoms with Crippen LogP contribution in [0.1, 0.15) is 22.5 Å². The lowest BCUT2D eigenvalue weighted by atomic mass is 10.1. The molecule has 6 nitrogen and oxygen atoms in total. The Bertz CT molecular complexity index is 828. The van der Waals surface area contributed by atoms with Crippen LogP contribution in [0.2, 0.25) is 0 Å². The molecule has 3 aromatic rings. The number of aromatic nitrogens is 4. The number of hydrogen-bond acceptors (Lipinski definition) is 5. The van der Waals surface area contributed by atoms with Gasteiger partial charge in [-0.3, -0.25) is 4.98 Å². The Balaban J connectivity index is 1.77. The molecule has 2 aromatic heterocycles. The Morgan fingerprint density at radius 2 is 1.92 bits per heavy atom. The van der Waals surface area contributed by atoms with Crippen LogP contribution in [-0.4, -0.2) is 26.9 Å². The van der Waals surface area contributed by atoms with Crippen molar-refractivity contribution in [1.29, 1.82) is 0 Å². The molecule has 0 saturated heterocycles. The van der Waals surface area contributed by atoms with E-state index >= 15 is 0 Å². The van der Waals surface area contributed by atoms with Gasteiger partial charge in [-0.15, -0.1) is 0 Å². The topological polar surface area (TPSA) is 64.9 Å². The van der Waals surface area contributed by atoms with E-state index in [-0.39, 0.29) is 0 Å². The highest BCUT2D eigenvalue weighted by Gasteiger charge is 2.07. The second kappa shape index (κ2) is 7.23. The fourth-order valence-electron chi connectivity index (χ4n) is 2.62. The summed E-state index contributed by atoms with van der Waals surface area (Å²) in [5.41, 5.74) is 4.33. The molecule has 0 saturated carbocycles. The first kappa shape index (κ1) is 16.1. The predicted molar refractivity (Wildman–Crippen MR) is 93.1 cm³/mol. The molecule has 2 heterocycles. The molecule has 3 rings (SSSR count). The van der Waals surface area contributed by atoms with Crippen molar-refractivity contribution in [3.63, 3.8) is 0 Å². The van der Waals surface area contributed by atoms with Crippen molar-refractivity contribution in [2.24, 2.45) is 0 Å². The van der Waals surface area contributed by atoms with Gasteiger partial charge in [0.25, 0.3) is 0 Å². The normalized spacial score (nSPS) is 10.8. The standard InChI is InChI=1S/C18H21N5O/c1-13-8-14(2)23(22-13)18-11-19-10-17(21-18)20-9-15-6-4-5-7-16(15)12-24-3/h4-8,10-11H,9,12H2,1-3H3,(H,20,21). The first-order valence-electron chi connectivity index (χ1n) is 7.82. The van der Waals surface area contributed by atoms with E-state index in [0.29, 0.717) is 24.8 Å². The van der Waals surface area contributed by atoms with Crippen LogP contribution >= 0.6 is 0 Å². The molecule has 0 fully saturated rings. The maximum absolute atomic E-state index is 5.25. The third-order valence-corrected chi connectivity index (χ3v) is 3.73. The maximum Gasteiger partial charge on any atom is 0.174 e. The molecule has 1 N–H and O–H groups in total. The minimum Gasteiger partial charge on any atom is -0.380 e. The molecule has 0 amide bonds. The smallest absolute Gasteiger partial charge is 0.174 e. The maximum atomic E-state index is 5.25. The third-order valence-electron chi connectivity index (χ3n) is 3.73. The monoisotopic (exact) mass is 323 g/mol. The molecule has 124 valence electrons. The Labute approximate surface area is 141 Å². The average molecular weight is 323 g/mol. The van der Waals surface area contributed by atoms with Gasteiger partial charge in [0.05, 0.1) is 24.7 Å². The first-order chi connectivity index (χ1) is 11.7. The van der Waals surface area contributed by atoms with Gasteiger partial charge in [-0.2, -0.15) is 5.10 Å². The van der Waals surface area contributed by atoms with Gasteiger partial charge in [-0.05, 0) is 31.0 Å². The highest BCUT2D eigenvalue weighted by atomic mass is 16.5. The van der Waals surface area contributed by atoms with Gasteiger partial charge in [0.1, 0.15) is 5.82 Å². The van der Waals surface area contributed by atoms with Crippen LogP contribution in [0.15, 0.2) is 42.7 Å². The van der Waals surface area contributed by atoms with Gasteiger partial charge >= 0.3 is 0 Å². The van der Waals surface area contributed by atoms with Crippen LogP contribution in [0, 0.1) is 13.8 Å². The van der Waals surface area contributed by atoms with Crippen LogP contribution in [-0.2, 0) is 17.9 Å². The summed E-state index contributed by atoms with van der Waals surface area (Å²) in [6.07, 6.45) is 3.43. The van der Waals surface area contributed by atoms with Gasteiger partial charge in [0.2, 0.25) is 0 Å². The molecular weight excluding hydrogens is 302 g/mol. The second-order valence-electron chi connectivity index (χ2n) is 5.66. The molecule has 0 aliphatic heterocycles. The molecule has 0 radical (unpaired) electrons. The SMILES string of the molecule is COCc1ccccc1CNc1cncc(-n2nc(C)cc2C)n1. The molecule has 0 aliphatic carbocycles. The van der Waals surface area contributed by atoms with Crippen molar-refractivity contribution >= 4 is 5.82 Å². The van der Waals surface area contributed by atoms with E-state index < -0.39 is 0 Å². The van der Waals surface area contributed by atoms with E-state index in [1.165, 1.54) is 5.56 Å². The third kappa shape index (κ3) is 3.60. The zero-order valence-corrected chi connectivity index (χ0v) is 14.2. The fourth-order valence-corrected chi connectivity index (χ4v) is 2.62. The largest absolute Gasteiger partial charge is 0.380 e. The van der Waals surface area contributed by atoms with Crippen molar-refractivity contribution < 1.29 is 4.74 Å². The molecule has 24 heavy (non-hydrogen) atoms. The molecule has 0 bridgehead atoms. The van der Waals surface area contributed by atoms with Crippen molar-refractivity contribution in [2.75, 3.05) is 12.4 Å². The molecule has 1 aromatic carbocycles. The van der Waals surface area contributed by atoms with E-state index in [1.54, 1.807) is 24.2 Å². The van der Waals surface area contributed by atoms with Crippen LogP contribution < -0.4 is 5.32 Å². The van der Waals surface area contributed by atoms with Crippen LogP contribution in [0.3, 0.4) is 0 Å². The summed E-state index contributed by atoms with van der Waals surface area (Å²) in [5, 5.41) is 7.77. The minimum absolute atomic E-state index is 0.593. The number of anilines is 1. The molecule has 0 aliphatic rings. The van der Waals surface area contributed by atoms with Crippen molar-refractivity contribution in [3.8, 4) is 5.82 Å². The zero-order valence-electron chi connectivity index (χ0n) is 14.2. The van der Waals surface area contributed by atoms with Crippen molar-refractivity contribution in [2.45, 2.75) is 27.0 Å². The number of nitrogens with one attached hydrogen (secondary N) is 1. The summed E-state index contributed by atoms with van der Waals surface area (Å²) < 4.78 is 7.04. The summed E-state index contributed by atoms with van der Waals surface area (Å²) in [6.45, 7) is 5.22. The summed E-state index contributed by atoms with van der Waals surface area (Å²) in [5.74, 6) is 1.42. The summed E-state index contributed by atoms with van der Waals surface area (Å²) in [6, 6.07) is 10.2. The Hall–Kier alpha value is -2.73. The van der Waals surface area contributed by atoms with Gasteiger partial charge in [0, 0.05) is 19.3 Å². The Kier molecular flexibility index (Phi) is 4.86. The zero-order chi connectivity index (χ0) is 16.9. The predicted octanol–water partition coefficient (Wildman–Crippen LogP) is 3.04. The number of aryl methyl sites for hydroxylation is 2. The van der Waals surface area contributed by atoms with Crippen molar-refractivity contribution in [3.05, 3.63) is 65.2 Å². The van der Waals surface area contributed by atoms with E-state index in [1.807, 2.05) is 32.0 Å². The van der Waals surface area contributed by atoms with Crippen LogP contribution in [0.5, 0.6) is 0 Å². The van der Waals surface area contributed by atoms with E-state index in [9.17, 15) is 0 Å². The lowest BCUT2D eigenvalue weighted by Crippen LogP contribution is -2.08. The summed E-state index contributed by atoms with van der Waals surface area (Å²) in [7, 11) is 1.70. The van der Waals surface area contributed by atoms with Crippen LogP contribution in [0.25, 0.3) is 5.82 Å². The number of ether oxygens (including phenoxy) is 1. The lowest BCUT2D eigenvalue weighted by molar-refractivity contribution is 0.184. The average Bonchev–Trinajstić information content (AvgIpc) is 2.93. The number of benzene rings is 1. The quantitative estimate of drug-likeness (QED) is 0.755. The highest BCUT2D eigenvalue weighted by Crippen LogP contribution is 2.14. The highest BCUT2D eigenvalue weighted by molar-refractivity contribution is 5.39. The summed E-state index contributed by atoms with van der Waals surface area (Å²) in [4.78, 5) is 8.88. The summed E-state index contributed by atoms with van der Waals surface area (Å²) >= 11 is 0. The van der Waals surface area contributed by atoms with E-state index in [2.05, 4.69) is 32.5 Å². The molecule has 0 atom stereocenters. The molecule has 0 unspecified atom stereocenters. The first-order valence-corrected chi connectivity index (χ1v) is 7.82. The Morgan fingerprint density at radius 3 is 2.62 bits per heavy atom. The number of hydrogen-bond donors (Lipinski definition) is 1. The van der Waals surface area contributed by atoms with Gasteiger partial charge < -0.3 is 10.1 Å². The molecular formula is C18H21N5O. The van der Waals surface area contributed by atoms with E-state index in [0.717, 1.165) is 17.0 Å². The van der Waals surface area contributed by atoms with Gasteiger partial charge in [-0.25, -0.2) is 9.67 Å². The minimum atomic E-state index is 0.593. The number of methoxy groups -OCH3 is 1. The van der Waals surface area contributed by atoms with Crippen molar-refractivity contribution in [1.82, 2.24) is 19.7 Å². The lowest BCUT2D eigenvalue weighted by Gasteiger charge is -2.11. The van der Waals surface area contributed by atoms with E-state index in [4.69, 9.17) is 4.74 Å². The van der Waals surface area contributed by atoms with Crippen LogP contribution in [0.4, 0.5) is 5.82 Å². The fraction of sp³-hybridized carbons (Fsp3) is 0.278. The van der Waals surface area contributed by atoms with Gasteiger partial charge in [-0.1, -0.05) is 24.3 Å². The molecule has 0 spiro atoms. The van der Waals surface area contributed by atoms with Gasteiger partial charge in [0.15, 0.2) is 5.82 Å². The Morgan fingerprint density at radius 1 is 1.12 bits per heavy atom.